The first-order valence-electron chi connectivity index (χ1n) is 9.10. The molecule has 2 aliphatic heterocycles. The molecule has 0 saturated carbocycles. The number of urea groups is 1. The van der Waals surface area contributed by atoms with Crippen LogP contribution in [0.15, 0.2) is 58.0 Å². The molecule has 1 atom stereocenters. The molecule has 2 aromatic rings. The van der Waals surface area contributed by atoms with Crippen LogP contribution in [-0.4, -0.2) is 73.0 Å². The molecule has 9 heteroatoms. The molecule has 28 heavy (non-hydrogen) atoms. The van der Waals surface area contributed by atoms with Crippen molar-refractivity contribution >= 4 is 21.8 Å². The number of imide groups is 1. The van der Waals surface area contributed by atoms with Crippen LogP contribution in [0, 0.1) is 0 Å². The molecule has 0 spiro atoms. The molecule has 0 bridgehead atoms. The molecule has 0 N–H and O–H groups in total. The van der Waals surface area contributed by atoms with Crippen LogP contribution in [0.5, 0.6) is 0 Å². The number of fused-ring (bicyclic) bond motifs is 1. The Balaban J connectivity index is 1.39. The number of hydrogen-bond donors (Lipinski definition) is 0. The molecule has 3 heterocycles. The maximum Gasteiger partial charge on any atom is 0.327 e. The van der Waals surface area contributed by atoms with E-state index >= 15 is 0 Å². The third kappa shape index (κ3) is 3.55. The smallest absolute Gasteiger partial charge is 0.327 e. The molecule has 2 fully saturated rings. The number of furan rings is 1. The Bertz CT molecular complexity index is 959. The van der Waals surface area contributed by atoms with Gasteiger partial charge in [-0.25, -0.2) is 13.2 Å². The van der Waals surface area contributed by atoms with Gasteiger partial charge in [-0.15, -0.1) is 0 Å². The van der Waals surface area contributed by atoms with Gasteiger partial charge in [-0.3, -0.25) is 14.6 Å². The molecule has 1 aromatic carbocycles. The highest BCUT2D eigenvalue weighted by Crippen LogP contribution is 2.24. The van der Waals surface area contributed by atoms with E-state index in [0.29, 0.717) is 36.8 Å². The van der Waals surface area contributed by atoms with Crippen LogP contribution in [0.4, 0.5) is 4.79 Å². The molecule has 2 saturated heterocycles. The highest BCUT2D eigenvalue weighted by atomic mass is 32.2. The minimum absolute atomic E-state index is 0.0258. The van der Waals surface area contributed by atoms with Crippen LogP contribution in [0.2, 0.25) is 0 Å². The van der Waals surface area contributed by atoms with Crippen LogP contribution >= 0.6 is 0 Å². The van der Waals surface area contributed by atoms with Crippen molar-refractivity contribution in [2.24, 2.45) is 0 Å². The predicted molar refractivity (Wildman–Crippen MR) is 100 cm³/mol. The van der Waals surface area contributed by atoms with Gasteiger partial charge in [-0.1, -0.05) is 18.2 Å². The predicted octanol–water partition coefficient (Wildman–Crippen LogP) is 1.20. The highest BCUT2D eigenvalue weighted by molar-refractivity contribution is 7.91. The molecule has 8 nitrogen and oxygen atoms in total. The average Bonchev–Trinajstić information content (AvgIpc) is 3.30. The summed E-state index contributed by atoms with van der Waals surface area (Å²) in [5.41, 5.74) is 0. The quantitative estimate of drug-likeness (QED) is 0.673. The third-order valence-electron chi connectivity index (χ3n) is 5.16. The summed E-state index contributed by atoms with van der Waals surface area (Å²) in [4.78, 5) is 30.3. The van der Waals surface area contributed by atoms with Crippen molar-refractivity contribution in [1.29, 1.82) is 0 Å². The van der Waals surface area contributed by atoms with Gasteiger partial charge in [0.15, 0.2) is 9.84 Å². The maximum atomic E-state index is 12.7. The fourth-order valence-corrected chi connectivity index (χ4v) is 4.92. The van der Waals surface area contributed by atoms with Gasteiger partial charge in [-0.2, -0.15) is 0 Å². The summed E-state index contributed by atoms with van der Waals surface area (Å²) >= 11 is 0. The van der Waals surface area contributed by atoms with E-state index in [1.807, 2.05) is 4.90 Å². The first kappa shape index (κ1) is 18.7. The zero-order chi connectivity index (χ0) is 19.7. The van der Waals surface area contributed by atoms with Crippen molar-refractivity contribution in [2.75, 3.05) is 31.9 Å². The number of nitrogens with zero attached hydrogens (tertiary/aromatic N) is 3. The van der Waals surface area contributed by atoms with Gasteiger partial charge in [0.05, 0.1) is 23.5 Å². The van der Waals surface area contributed by atoms with Gasteiger partial charge in [-0.05, 0) is 24.3 Å². The summed E-state index contributed by atoms with van der Waals surface area (Å²) in [6.45, 7) is 1.70. The monoisotopic (exact) mass is 403 g/mol. The number of rotatable bonds is 6. The summed E-state index contributed by atoms with van der Waals surface area (Å²) < 4.78 is 30.2. The van der Waals surface area contributed by atoms with Gasteiger partial charge in [0.2, 0.25) is 0 Å². The largest absolute Gasteiger partial charge is 0.467 e. The lowest BCUT2D eigenvalue weighted by molar-refractivity contribution is -0.130. The zero-order valence-corrected chi connectivity index (χ0v) is 16.0. The number of sulfone groups is 1. The molecule has 148 valence electrons. The van der Waals surface area contributed by atoms with Crippen LogP contribution in [0.3, 0.4) is 0 Å². The van der Waals surface area contributed by atoms with Crippen molar-refractivity contribution < 1.29 is 22.4 Å². The third-order valence-corrected chi connectivity index (χ3v) is 6.88. The molecular formula is C19H21N3O5S. The number of amides is 3. The van der Waals surface area contributed by atoms with E-state index in [9.17, 15) is 18.0 Å². The maximum absolute atomic E-state index is 12.7. The van der Waals surface area contributed by atoms with E-state index in [0.717, 1.165) is 0 Å². The van der Waals surface area contributed by atoms with Gasteiger partial charge in [0.1, 0.15) is 11.8 Å². The fraction of sp³-hybridized carbons (Fsp3) is 0.368. The summed E-state index contributed by atoms with van der Waals surface area (Å²) in [7, 11) is -3.38. The van der Waals surface area contributed by atoms with Crippen molar-refractivity contribution in [1.82, 2.24) is 14.7 Å². The normalized spacial score (nSPS) is 20.6. The van der Waals surface area contributed by atoms with E-state index in [2.05, 4.69) is 0 Å². The summed E-state index contributed by atoms with van der Waals surface area (Å²) in [5, 5.41) is 0. The standard InChI is InChI=1S/C19H21N3O5S/c23-18-17-14-20(10-12-28(25,26)16-6-2-1-3-7-16)8-9-21(17)19(24)22(18)13-15-5-4-11-27-15/h1-7,11,17H,8-10,12-14H2. The number of benzene rings is 1. The zero-order valence-electron chi connectivity index (χ0n) is 15.2. The Morgan fingerprint density at radius 1 is 1.04 bits per heavy atom. The molecule has 3 amide bonds. The van der Waals surface area contributed by atoms with Crippen LogP contribution in [-0.2, 0) is 21.2 Å². The van der Waals surface area contributed by atoms with Crippen molar-refractivity contribution in [3.63, 3.8) is 0 Å². The topological polar surface area (TPSA) is 91.1 Å². The van der Waals surface area contributed by atoms with Crippen molar-refractivity contribution in [2.45, 2.75) is 17.5 Å². The van der Waals surface area contributed by atoms with E-state index in [-0.39, 0.29) is 24.2 Å². The Morgan fingerprint density at radius 2 is 1.82 bits per heavy atom. The lowest BCUT2D eigenvalue weighted by Crippen LogP contribution is -2.53. The second kappa shape index (κ2) is 7.40. The van der Waals surface area contributed by atoms with E-state index in [1.165, 1.54) is 11.2 Å². The van der Waals surface area contributed by atoms with Gasteiger partial charge in [0.25, 0.3) is 5.91 Å². The van der Waals surface area contributed by atoms with Crippen molar-refractivity contribution in [3.8, 4) is 0 Å². The SMILES string of the molecule is O=C1C2CN(CCS(=O)(=O)c3ccccc3)CCN2C(=O)N1Cc1ccco1. The number of piperazine rings is 1. The first-order chi connectivity index (χ1) is 13.5. The average molecular weight is 403 g/mol. The summed E-state index contributed by atoms with van der Waals surface area (Å²) in [5.74, 6) is 0.256. The Labute approximate surface area is 163 Å². The molecule has 2 aliphatic rings. The highest BCUT2D eigenvalue weighted by Gasteiger charge is 2.47. The van der Waals surface area contributed by atoms with Gasteiger partial charge in [0, 0.05) is 26.2 Å². The second-order valence-corrected chi connectivity index (χ2v) is 9.04. The molecule has 1 unspecified atom stereocenters. The van der Waals surface area contributed by atoms with Crippen LogP contribution < -0.4 is 0 Å². The van der Waals surface area contributed by atoms with Crippen LogP contribution in [0.25, 0.3) is 0 Å². The minimum atomic E-state index is -3.38. The van der Waals surface area contributed by atoms with Gasteiger partial charge >= 0.3 is 6.03 Å². The van der Waals surface area contributed by atoms with E-state index in [1.54, 1.807) is 47.4 Å². The van der Waals surface area contributed by atoms with E-state index < -0.39 is 15.9 Å². The van der Waals surface area contributed by atoms with Crippen molar-refractivity contribution in [3.05, 3.63) is 54.5 Å². The summed E-state index contributed by atoms with van der Waals surface area (Å²) in [6, 6.07) is 10.9. The molecule has 0 aliphatic carbocycles. The molecule has 4 rings (SSSR count). The molecule has 1 aromatic heterocycles. The van der Waals surface area contributed by atoms with E-state index in [4.69, 9.17) is 4.42 Å². The minimum Gasteiger partial charge on any atom is -0.467 e. The lowest BCUT2D eigenvalue weighted by Gasteiger charge is -2.35. The number of carbonyl (C=O) groups is 2. The molecular weight excluding hydrogens is 382 g/mol. The Morgan fingerprint density at radius 3 is 2.54 bits per heavy atom. The van der Waals surface area contributed by atoms with Gasteiger partial charge < -0.3 is 9.32 Å². The fourth-order valence-electron chi connectivity index (χ4n) is 3.61. The molecule has 0 radical (unpaired) electrons. The summed E-state index contributed by atoms with van der Waals surface area (Å²) in [6.07, 6.45) is 1.50. The second-order valence-electron chi connectivity index (χ2n) is 6.93. The Kier molecular flexibility index (Phi) is 4.94. The number of carbonyl (C=O) groups excluding carboxylic acids is 2. The first-order valence-corrected chi connectivity index (χ1v) is 10.8. The number of hydrogen-bond acceptors (Lipinski definition) is 6. The lowest BCUT2D eigenvalue weighted by atomic mass is 10.2. The Hall–Kier alpha value is -2.65. The van der Waals surface area contributed by atoms with Crippen LogP contribution in [0.1, 0.15) is 5.76 Å².